The summed E-state index contributed by atoms with van der Waals surface area (Å²) in [5.74, 6) is -0.107. The zero-order chi connectivity index (χ0) is 17.8. The average Bonchev–Trinajstić information content (AvgIpc) is 3.09. The van der Waals surface area contributed by atoms with E-state index in [9.17, 15) is 9.90 Å². The minimum absolute atomic E-state index is 0.0271. The highest BCUT2D eigenvalue weighted by molar-refractivity contribution is 5.92. The van der Waals surface area contributed by atoms with Crippen molar-refractivity contribution in [2.24, 2.45) is 0 Å². The second-order valence-electron chi connectivity index (χ2n) is 5.63. The number of carbonyl (C=O) groups excluding carboxylic acids is 1. The molecule has 0 radical (unpaired) electrons. The number of benzene rings is 1. The molecule has 1 atom stereocenters. The van der Waals surface area contributed by atoms with Gasteiger partial charge in [0.1, 0.15) is 11.8 Å². The Kier molecular flexibility index (Phi) is 4.80. The summed E-state index contributed by atoms with van der Waals surface area (Å²) in [4.78, 5) is 16.0. The summed E-state index contributed by atoms with van der Waals surface area (Å²) in [6.45, 7) is 3.87. The molecule has 3 aromatic rings. The Morgan fingerprint density at radius 3 is 2.64 bits per heavy atom. The number of nitrogens with one attached hydrogen (secondary N) is 1. The molecule has 1 aromatic carbocycles. The SMILES string of the molecule is Cc1cccc(C)c1-n1nnnc1C(O)CNC(=O)c1ccccn1. The van der Waals surface area contributed by atoms with E-state index in [1.165, 1.54) is 10.9 Å². The van der Waals surface area contributed by atoms with E-state index in [1.54, 1.807) is 18.2 Å². The van der Waals surface area contributed by atoms with Crippen LogP contribution in [-0.4, -0.2) is 42.7 Å². The number of nitrogens with zero attached hydrogens (tertiary/aromatic N) is 5. The molecule has 2 aromatic heterocycles. The molecule has 0 aliphatic carbocycles. The van der Waals surface area contributed by atoms with Gasteiger partial charge in [-0.25, -0.2) is 0 Å². The van der Waals surface area contributed by atoms with E-state index in [2.05, 4.69) is 25.8 Å². The minimum atomic E-state index is -1.05. The highest BCUT2D eigenvalue weighted by atomic mass is 16.3. The van der Waals surface area contributed by atoms with Crippen molar-refractivity contribution in [3.63, 3.8) is 0 Å². The normalized spacial score (nSPS) is 12.0. The Hall–Kier alpha value is -3.13. The molecule has 8 heteroatoms. The molecule has 1 unspecified atom stereocenters. The molecule has 3 rings (SSSR count). The van der Waals surface area contributed by atoms with Crippen molar-refractivity contribution in [2.75, 3.05) is 6.54 Å². The van der Waals surface area contributed by atoms with Gasteiger partial charge in [-0.3, -0.25) is 9.78 Å². The minimum Gasteiger partial charge on any atom is -0.383 e. The first-order valence-corrected chi connectivity index (χ1v) is 7.80. The summed E-state index contributed by atoms with van der Waals surface area (Å²) in [6.07, 6.45) is 0.481. The maximum Gasteiger partial charge on any atom is 0.269 e. The molecule has 0 aliphatic rings. The fourth-order valence-corrected chi connectivity index (χ4v) is 2.57. The molecule has 0 saturated heterocycles. The van der Waals surface area contributed by atoms with Crippen LogP contribution < -0.4 is 5.32 Å². The van der Waals surface area contributed by atoms with Gasteiger partial charge >= 0.3 is 0 Å². The molecule has 2 heterocycles. The number of aromatic nitrogens is 5. The van der Waals surface area contributed by atoms with Crippen LogP contribution in [0.5, 0.6) is 0 Å². The quantitative estimate of drug-likeness (QED) is 0.722. The van der Waals surface area contributed by atoms with Crippen molar-refractivity contribution in [1.82, 2.24) is 30.5 Å². The fraction of sp³-hybridized carbons (Fsp3) is 0.235. The smallest absolute Gasteiger partial charge is 0.269 e. The van der Waals surface area contributed by atoms with E-state index in [-0.39, 0.29) is 24.0 Å². The number of aliphatic hydroxyl groups excluding tert-OH is 1. The third-order valence-electron chi connectivity index (χ3n) is 3.80. The van der Waals surface area contributed by atoms with Crippen molar-refractivity contribution in [1.29, 1.82) is 0 Å². The zero-order valence-electron chi connectivity index (χ0n) is 13.9. The number of hydrogen-bond acceptors (Lipinski definition) is 6. The molecule has 1 amide bonds. The first-order valence-electron chi connectivity index (χ1n) is 7.80. The summed E-state index contributed by atoms with van der Waals surface area (Å²) in [7, 11) is 0. The number of tetrazole rings is 1. The van der Waals surface area contributed by atoms with Crippen LogP contribution in [0.25, 0.3) is 5.69 Å². The topological polar surface area (TPSA) is 106 Å². The third kappa shape index (κ3) is 3.53. The highest BCUT2D eigenvalue weighted by Gasteiger charge is 2.20. The maximum atomic E-state index is 12.0. The molecule has 25 heavy (non-hydrogen) atoms. The largest absolute Gasteiger partial charge is 0.383 e. The molecular weight excluding hydrogens is 320 g/mol. The molecule has 0 spiro atoms. The number of amides is 1. The Morgan fingerprint density at radius 2 is 1.96 bits per heavy atom. The zero-order valence-corrected chi connectivity index (χ0v) is 13.9. The Balaban J connectivity index is 1.77. The lowest BCUT2D eigenvalue weighted by atomic mass is 10.1. The van der Waals surface area contributed by atoms with Crippen molar-refractivity contribution < 1.29 is 9.90 Å². The van der Waals surface area contributed by atoms with Crippen LogP contribution in [-0.2, 0) is 0 Å². The standard InChI is InChI=1S/C17H18N6O2/c1-11-6-5-7-12(2)15(11)23-16(20-21-22-23)14(24)10-19-17(25)13-8-3-4-9-18-13/h3-9,14,24H,10H2,1-2H3,(H,19,25). The number of para-hydroxylation sites is 1. The molecule has 0 saturated carbocycles. The lowest BCUT2D eigenvalue weighted by Crippen LogP contribution is -2.30. The summed E-state index contributed by atoms with van der Waals surface area (Å²) in [6, 6.07) is 10.9. The lowest BCUT2D eigenvalue weighted by molar-refractivity contribution is 0.0905. The second-order valence-corrected chi connectivity index (χ2v) is 5.63. The number of aryl methyl sites for hydroxylation is 2. The van der Waals surface area contributed by atoms with E-state index in [1.807, 2.05) is 32.0 Å². The summed E-state index contributed by atoms with van der Waals surface area (Å²) in [5.41, 5.74) is 3.07. The molecule has 0 bridgehead atoms. The van der Waals surface area contributed by atoms with Crippen molar-refractivity contribution in [3.8, 4) is 5.69 Å². The van der Waals surface area contributed by atoms with Gasteiger partial charge < -0.3 is 10.4 Å². The molecule has 128 valence electrons. The maximum absolute atomic E-state index is 12.0. The van der Waals surface area contributed by atoms with Gasteiger partial charge in [0.25, 0.3) is 5.91 Å². The summed E-state index contributed by atoms with van der Waals surface area (Å²) < 4.78 is 1.50. The van der Waals surface area contributed by atoms with Crippen LogP contribution in [0.3, 0.4) is 0 Å². The van der Waals surface area contributed by atoms with Gasteiger partial charge in [0.05, 0.1) is 12.2 Å². The van der Waals surface area contributed by atoms with E-state index in [4.69, 9.17) is 0 Å². The third-order valence-corrected chi connectivity index (χ3v) is 3.80. The molecule has 0 fully saturated rings. The van der Waals surface area contributed by atoms with E-state index < -0.39 is 6.10 Å². The van der Waals surface area contributed by atoms with Gasteiger partial charge in [-0.05, 0) is 47.5 Å². The number of hydrogen-bond donors (Lipinski definition) is 2. The molecular formula is C17H18N6O2. The van der Waals surface area contributed by atoms with Crippen molar-refractivity contribution in [3.05, 3.63) is 65.2 Å². The Labute approximate surface area is 144 Å². The van der Waals surface area contributed by atoms with Crippen LogP contribution in [0.4, 0.5) is 0 Å². The van der Waals surface area contributed by atoms with Gasteiger partial charge in [-0.15, -0.1) is 5.10 Å². The van der Waals surface area contributed by atoms with Crippen LogP contribution in [0.15, 0.2) is 42.6 Å². The van der Waals surface area contributed by atoms with Crippen molar-refractivity contribution in [2.45, 2.75) is 20.0 Å². The van der Waals surface area contributed by atoms with Crippen LogP contribution in [0.2, 0.25) is 0 Å². The van der Waals surface area contributed by atoms with Crippen molar-refractivity contribution >= 4 is 5.91 Å². The predicted octanol–water partition coefficient (Wildman–Crippen LogP) is 1.14. The number of aliphatic hydroxyl groups is 1. The molecule has 0 aliphatic heterocycles. The summed E-state index contributed by atoms with van der Waals surface area (Å²) >= 11 is 0. The predicted molar refractivity (Wildman–Crippen MR) is 90.2 cm³/mol. The van der Waals surface area contributed by atoms with E-state index in [0.717, 1.165) is 16.8 Å². The number of carbonyl (C=O) groups is 1. The van der Waals surface area contributed by atoms with Crippen LogP contribution in [0, 0.1) is 13.8 Å². The second kappa shape index (κ2) is 7.18. The van der Waals surface area contributed by atoms with Gasteiger partial charge in [0.2, 0.25) is 0 Å². The van der Waals surface area contributed by atoms with Gasteiger partial charge in [0.15, 0.2) is 5.82 Å². The first kappa shape index (κ1) is 16.7. The fourth-order valence-electron chi connectivity index (χ4n) is 2.57. The van der Waals surface area contributed by atoms with E-state index in [0.29, 0.717) is 0 Å². The first-order chi connectivity index (χ1) is 12.1. The molecule has 2 N–H and O–H groups in total. The lowest BCUT2D eigenvalue weighted by Gasteiger charge is -2.14. The highest BCUT2D eigenvalue weighted by Crippen LogP contribution is 2.21. The molecule has 8 nitrogen and oxygen atoms in total. The van der Waals surface area contributed by atoms with E-state index >= 15 is 0 Å². The van der Waals surface area contributed by atoms with Gasteiger partial charge in [0, 0.05) is 6.20 Å². The number of pyridine rings is 1. The number of rotatable bonds is 5. The van der Waals surface area contributed by atoms with Crippen LogP contribution in [0.1, 0.15) is 33.5 Å². The Morgan fingerprint density at radius 1 is 1.20 bits per heavy atom. The Bertz CT molecular complexity index is 858. The summed E-state index contributed by atoms with van der Waals surface area (Å²) in [5, 5.41) is 24.6. The van der Waals surface area contributed by atoms with Gasteiger partial charge in [-0.1, -0.05) is 24.3 Å². The average molecular weight is 338 g/mol. The monoisotopic (exact) mass is 338 g/mol. The van der Waals surface area contributed by atoms with Crippen LogP contribution >= 0.6 is 0 Å². The van der Waals surface area contributed by atoms with Gasteiger partial charge in [-0.2, -0.15) is 4.68 Å².